The molecule has 3 heteroatoms. The second kappa shape index (κ2) is 9.29. The first kappa shape index (κ1) is 19.1. The van der Waals surface area contributed by atoms with Crippen molar-refractivity contribution in [2.45, 2.75) is 59.3 Å². The predicted octanol–water partition coefficient (Wildman–Crippen LogP) is 5.01. The normalized spacial score (nSPS) is 21.3. The van der Waals surface area contributed by atoms with E-state index < -0.39 is 0 Å². The molecule has 0 aromatic rings. The highest BCUT2D eigenvalue weighted by Gasteiger charge is 2.32. The smallest absolute Gasteiger partial charge is 0.223 e. The van der Waals surface area contributed by atoms with Crippen molar-refractivity contribution in [3.63, 3.8) is 0 Å². The lowest BCUT2D eigenvalue weighted by Crippen LogP contribution is -2.24. The van der Waals surface area contributed by atoms with Crippen LogP contribution in [0.25, 0.3) is 0 Å². The number of rotatable bonds is 4. The van der Waals surface area contributed by atoms with Crippen molar-refractivity contribution in [2.24, 2.45) is 5.92 Å². The summed E-state index contributed by atoms with van der Waals surface area (Å²) in [5.74, 6) is -0.974. The lowest BCUT2D eigenvalue weighted by Gasteiger charge is -2.24. The average molecular weight is 316 g/mol. The molecule has 0 bridgehead atoms. The Bertz CT molecular complexity index is 561. The fourth-order valence-electron chi connectivity index (χ4n) is 2.94. The van der Waals surface area contributed by atoms with Crippen LogP contribution in [-0.2, 0) is 9.59 Å². The first-order valence-electron chi connectivity index (χ1n) is 8.43. The van der Waals surface area contributed by atoms with Crippen LogP contribution in [0.1, 0.15) is 59.3 Å². The van der Waals surface area contributed by atoms with Crippen LogP contribution in [0.4, 0.5) is 0 Å². The summed E-state index contributed by atoms with van der Waals surface area (Å²) in [4.78, 5) is 24.4. The maximum Gasteiger partial charge on any atom is 0.223 e. The van der Waals surface area contributed by atoms with Crippen LogP contribution in [0.15, 0.2) is 47.3 Å². The van der Waals surface area contributed by atoms with Crippen LogP contribution in [0.3, 0.4) is 0 Å². The topological polar surface area (TPSA) is 54.4 Å². The molecule has 126 valence electrons. The molecule has 0 aliphatic heterocycles. The molecule has 0 spiro atoms. The molecular weight excluding hydrogens is 288 g/mol. The van der Waals surface area contributed by atoms with Crippen LogP contribution < -0.4 is 0 Å². The van der Waals surface area contributed by atoms with E-state index in [4.69, 9.17) is 0 Å². The molecule has 1 atom stereocenters. The number of Topliss-reactive ketones (excluding diaryl/α,β-unsaturated/α-hetero) is 1. The number of carbonyl (C=O) groups is 2. The van der Waals surface area contributed by atoms with Crippen molar-refractivity contribution in [3.05, 3.63) is 47.3 Å². The van der Waals surface area contributed by atoms with Gasteiger partial charge in [0.15, 0.2) is 11.5 Å². The number of hydrogen-bond acceptors (Lipinski definition) is 3. The highest BCUT2D eigenvalue weighted by atomic mass is 16.3. The Morgan fingerprint density at radius 2 is 2.04 bits per heavy atom. The molecule has 1 unspecified atom stereocenters. The first-order chi connectivity index (χ1) is 11.0. The summed E-state index contributed by atoms with van der Waals surface area (Å²) in [5.41, 5.74) is 1.98. The minimum atomic E-state index is -0.357. The van der Waals surface area contributed by atoms with Crippen LogP contribution in [0.2, 0.25) is 0 Å². The Hall–Kier alpha value is -1.90. The molecule has 23 heavy (non-hydrogen) atoms. The Morgan fingerprint density at radius 1 is 1.39 bits per heavy atom. The van der Waals surface area contributed by atoms with E-state index in [2.05, 4.69) is 6.58 Å². The summed E-state index contributed by atoms with van der Waals surface area (Å²) in [6.45, 7) is 9.31. The summed E-state index contributed by atoms with van der Waals surface area (Å²) in [7, 11) is 0. The molecule has 0 saturated heterocycles. The van der Waals surface area contributed by atoms with E-state index in [1.807, 2.05) is 26.8 Å². The zero-order chi connectivity index (χ0) is 17.4. The summed E-state index contributed by atoms with van der Waals surface area (Å²) in [6, 6.07) is 0. The molecule has 0 radical (unpaired) electrons. The summed E-state index contributed by atoms with van der Waals surface area (Å²) >= 11 is 0. The average Bonchev–Trinajstić information content (AvgIpc) is 2.50. The van der Waals surface area contributed by atoms with E-state index in [0.29, 0.717) is 17.6 Å². The van der Waals surface area contributed by atoms with E-state index >= 15 is 0 Å². The van der Waals surface area contributed by atoms with Gasteiger partial charge in [-0.15, -0.1) is 6.58 Å². The molecule has 1 N–H and O–H groups in total. The van der Waals surface area contributed by atoms with Gasteiger partial charge in [0.05, 0.1) is 5.57 Å². The largest absolute Gasteiger partial charge is 0.504 e. The molecule has 2 rings (SSSR count). The van der Waals surface area contributed by atoms with Crippen molar-refractivity contribution >= 4 is 11.6 Å². The Labute approximate surface area is 139 Å². The van der Waals surface area contributed by atoms with Crippen LogP contribution in [0, 0.1) is 5.92 Å². The van der Waals surface area contributed by atoms with Crippen LogP contribution >= 0.6 is 0 Å². The molecule has 0 saturated carbocycles. The van der Waals surface area contributed by atoms with Crippen molar-refractivity contribution in [1.82, 2.24) is 0 Å². The van der Waals surface area contributed by atoms with Gasteiger partial charge >= 0.3 is 0 Å². The number of ketones is 2. The minimum absolute atomic E-state index is 0.107. The molecule has 2 aliphatic rings. The van der Waals surface area contributed by atoms with Crippen molar-refractivity contribution in [3.8, 4) is 0 Å². The van der Waals surface area contributed by atoms with Crippen molar-refractivity contribution in [1.29, 1.82) is 0 Å². The van der Waals surface area contributed by atoms with Gasteiger partial charge in [-0.2, -0.15) is 0 Å². The van der Waals surface area contributed by atoms with E-state index in [1.165, 1.54) is 11.6 Å². The van der Waals surface area contributed by atoms with Gasteiger partial charge in [-0.05, 0) is 52.0 Å². The van der Waals surface area contributed by atoms with Gasteiger partial charge in [0, 0.05) is 11.5 Å². The van der Waals surface area contributed by atoms with Gasteiger partial charge in [0.25, 0.3) is 0 Å². The van der Waals surface area contributed by atoms with E-state index in [1.54, 1.807) is 6.08 Å². The first-order valence-corrected chi connectivity index (χ1v) is 8.43. The third kappa shape index (κ3) is 5.05. The lowest BCUT2D eigenvalue weighted by molar-refractivity contribution is -0.118. The highest BCUT2D eigenvalue weighted by molar-refractivity contribution is 6.21. The highest BCUT2D eigenvalue weighted by Crippen LogP contribution is 2.33. The quantitative estimate of drug-likeness (QED) is 0.586. The monoisotopic (exact) mass is 316 g/mol. The number of carbonyl (C=O) groups excluding carboxylic acids is 2. The molecule has 0 heterocycles. The standard InChI is InChI=1S/C17H22O3.C3H6/c1-3-4-7-13-10-14(18)15(17(20)16(13)19)12-8-5-6-11(2)9-12;1-3-2/h9-10,12,20H,3-8H2,1-2H3;3H,1H2,2H3. The molecule has 2 aliphatic carbocycles. The molecule has 0 fully saturated rings. The van der Waals surface area contributed by atoms with E-state index in [9.17, 15) is 14.7 Å². The van der Waals surface area contributed by atoms with Gasteiger partial charge in [0.1, 0.15) is 0 Å². The maximum atomic E-state index is 12.3. The third-order valence-corrected chi connectivity index (χ3v) is 4.08. The maximum absolute atomic E-state index is 12.3. The second-order valence-corrected chi connectivity index (χ2v) is 6.15. The third-order valence-electron chi connectivity index (χ3n) is 4.08. The molecule has 0 amide bonds. The Kier molecular flexibility index (Phi) is 7.73. The zero-order valence-electron chi connectivity index (χ0n) is 14.5. The minimum Gasteiger partial charge on any atom is -0.504 e. The number of unbranched alkanes of at least 4 members (excludes halogenated alkanes) is 1. The van der Waals surface area contributed by atoms with Crippen LogP contribution in [-0.4, -0.2) is 16.7 Å². The van der Waals surface area contributed by atoms with Gasteiger partial charge in [-0.25, -0.2) is 0 Å². The number of allylic oxidation sites excluding steroid dienone is 6. The fraction of sp³-hybridized carbons (Fsp3) is 0.500. The fourth-order valence-corrected chi connectivity index (χ4v) is 2.94. The van der Waals surface area contributed by atoms with Gasteiger partial charge in [-0.1, -0.05) is 31.1 Å². The number of hydrogen-bond donors (Lipinski definition) is 1. The number of aliphatic hydroxyl groups is 1. The van der Waals surface area contributed by atoms with Gasteiger partial charge in [0.2, 0.25) is 5.78 Å². The zero-order valence-corrected chi connectivity index (χ0v) is 14.5. The summed E-state index contributed by atoms with van der Waals surface area (Å²) in [6.07, 6.45) is 10.4. The van der Waals surface area contributed by atoms with Crippen molar-refractivity contribution in [2.75, 3.05) is 0 Å². The molecular formula is C20H28O3. The SMILES string of the molecule is C=CC.CCCCC1=CC(=O)C(C2C=C(C)CCC2)=C(O)C1=O. The lowest BCUT2D eigenvalue weighted by atomic mass is 9.79. The summed E-state index contributed by atoms with van der Waals surface area (Å²) < 4.78 is 0. The molecule has 0 aromatic carbocycles. The Balaban J connectivity index is 0.000000816. The molecule has 0 aromatic heterocycles. The predicted molar refractivity (Wildman–Crippen MR) is 94.2 cm³/mol. The van der Waals surface area contributed by atoms with E-state index in [0.717, 1.165) is 32.1 Å². The number of aliphatic hydroxyl groups excluding tert-OH is 1. The Morgan fingerprint density at radius 3 is 2.61 bits per heavy atom. The summed E-state index contributed by atoms with van der Waals surface area (Å²) in [5, 5.41) is 10.2. The van der Waals surface area contributed by atoms with Crippen molar-refractivity contribution < 1.29 is 14.7 Å². The van der Waals surface area contributed by atoms with Crippen LogP contribution in [0.5, 0.6) is 0 Å². The van der Waals surface area contributed by atoms with E-state index in [-0.39, 0.29) is 23.2 Å². The second-order valence-electron chi connectivity index (χ2n) is 6.15. The van der Waals surface area contributed by atoms with Gasteiger partial charge < -0.3 is 5.11 Å². The van der Waals surface area contributed by atoms with Gasteiger partial charge in [-0.3, -0.25) is 9.59 Å². The molecule has 3 nitrogen and oxygen atoms in total.